The first-order valence-corrected chi connectivity index (χ1v) is 10.1. The molecule has 1 rings (SSSR count). The molecule has 0 unspecified atom stereocenters. The van der Waals surface area contributed by atoms with Crippen molar-refractivity contribution in [1.29, 1.82) is 0 Å². The van der Waals surface area contributed by atoms with Crippen LogP contribution in [-0.2, 0) is 11.3 Å². The lowest BCUT2D eigenvalue weighted by atomic mass is 10.2. The van der Waals surface area contributed by atoms with Crippen LogP contribution < -0.4 is 15.4 Å². The Morgan fingerprint density at radius 1 is 1.04 bits per heavy atom. The lowest BCUT2D eigenvalue weighted by molar-refractivity contribution is 0.129. The molecule has 2 N–H and O–H groups in total. The lowest BCUT2D eigenvalue weighted by Crippen LogP contribution is -2.38. The van der Waals surface area contributed by atoms with E-state index in [0.717, 1.165) is 63.0 Å². The van der Waals surface area contributed by atoms with Gasteiger partial charge < -0.3 is 25.0 Å². The number of guanidine groups is 1. The number of aliphatic imine (C=N–C) groups is 1. The molecule has 0 amide bonds. The number of unbranched alkanes of at least 4 members (excludes halogenated alkanes) is 1. The summed E-state index contributed by atoms with van der Waals surface area (Å²) in [5.41, 5.74) is 1.09. The van der Waals surface area contributed by atoms with E-state index >= 15 is 0 Å². The summed E-state index contributed by atoms with van der Waals surface area (Å²) in [4.78, 5) is 6.81. The molecule has 0 aromatic heterocycles. The SMILES string of the molecule is CCCCOCCCNC(=NCc1ccccc1OCCN(C)C)NCC. The largest absolute Gasteiger partial charge is 0.492 e. The lowest BCUT2D eigenvalue weighted by Gasteiger charge is -2.14. The summed E-state index contributed by atoms with van der Waals surface area (Å²) in [6.45, 7) is 9.72. The summed E-state index contributed by atoms with van der Waals surface area (Å²) in [5.74, 6) is 1.73. The van der Waals surface area contributed by atoms with Crippen molar-refractivity contribution in [2.24, 2.45) is 4.99 Å². The summed E-state index contributed by atoms with van der Waals surface area (Å²) in [7, 11) is 4.09. The van der Waals surface area contributed by atoms with Crippen LogP contribution in [0.4, 0.5) is 0 Å². The summed E-state index contributed by atoms with van der Waals surface area (Å²) in [6, 6.07) is 8.10. The molecule has 0 saturated heterocycles. The highest BCUT2D eigenvalue weighted by molar-refractivity contribution is 5.79. The third-order valence-corrected chi connectivity index (χ3v) is 3.92. The number of para-hydroxylation sites is 1. The van der Waals surface area contributed by atoms with Gasteiger partial charge in [-0.25, -0.2) is 4.99 Å². The molecule has 154 valence electrons. The number of nitrogens with zero attached hydrogens (tertiary/aromatic N) is 2. The van der Waals surface area contributed by atoms with E-state index in [-0.39, 0.29) is 0 Å². The molecule has 0 radical (unpaired) electrons. The smallest absolute Gasteiger partial charge is 0.191 e. The van der Waals surface area contributed by atoms with Crippen LogP contribution in [0.15, 0.2) is 29.3 Å². The van der Waals surface area contributed by atoms with Crippen LogP contribution in [0.2, 0.25) is 0 Å². The Kier molecular flexibility index (Phi) is 13.2. The van der Waals surface area contributed by atoms with Crippen molar-refractivity contribution in [2.45, 2.75) is 39.7 Å². The highest BCUT2D eigenvalue weighted by atomic mass is 16.5. The normalized spacial score (nSPS) is 11.7. The Labute approximate surface area is 165 Å². The number of rotatable bonds is 14. The number of nitrogens with one attached hydrogen (secondary N) is 2. The summed E-state index contributed by atoms with van der Waals surface area (Å²) >= 11 is 0. The molecule has 0 bridgehead atoms. The zero-order valence-electron chi connectivity index (χ0n) is 17.6. The van der Waals surface area contributed by atoms with Crippen molar-refractivity contribution < 1.29 is 9.47 Å². The zero-order valence-corrected chi connectivity index (χ0v) is 17.6. The molecular formula is C21H38N4O2. The van der Waals surface area contributed by atoms with Crippen LogP contribution in [0.25, 0.3) is 0 Å². The van der Waals surface area contributed by atoms with Crippen LogP contribution in [0, 0.1) is 0 Å². The predicted molar refractivity (Wildman–Crippen MR) is 114 cm³/mol. The molecule has 6 nitrogen and oxygen atoms in total. The number of benzene rings is 1. The topological polar surface area (TPSA) is 58.1 Å². The van der Waals surface area contributed by atoms with Crippen LogP contribution in [0.5, 0.6) is 5.75 Å². The molecule has 0 saturated carbocycles. The van der Waals surface area contributed by atoms with E-state index in [1.807, 2.05) is 32.3 Å². The van der Waals surface area contributed by atoms with E-state index in [9.17, 15) is 0 Å². The number of ether oxygens (including phenoxy) is 2. The summed E-state index contributed by atoms with van der Waals surface area (Å²) in [6.07, 6.45) is 3.28. The van der Waals surface area contributed by atoms with Crippen molar-refractivity contribution in [3.63, 3.8) is 0 Å². The van der Waals surface area contributed by atoms with Gasteiger partial charge in [0.05, 0.1) is 6.54 Å². The van der Waals surface area contributed by atoms with Crippen molar-refractivity contribution in [3.8, 4) is 5.75 Å². The van der Waals surface area contributed by atoms with Gasteiger partial charge in [0.1, 0.15) is 12.4 Å². The molecular weight excluding hydrogens is 340 g/mol. The van der Waals surface area contributed by atoms with Crippen LogP contribution in [0.1, 0.15) is 38.7 Å². The standard InChI is InChI=1S/C21H38N4O2/c1-5-7-15-26-16-10-13-23-21(22-6-2)24-18-19-11-8-9-12-20(19)27-17-14-25(3)4/h8-9,11-12H,5-7,10,13-18H2,1-4H3,(H2,22,23,24). The van der Waals surface area contributed by atoms with Crippen LogP contribution in [0.3, 0.4) is 0 Å². The maximum atomic E-state index is 5.92. The predicted octanol–water partition coefficient (Wildman–Crippen LogP) is 2.89. The van der Waals surface area contributed by atoms with E-state index in [0.29, 0.717) is 13.2 Å². The van der Waals surface area contributed by atoms with Gasteiger partial charge in [-0.1, -0.05) is 31.5 Å². The molecule has 0 atom stereocenters. The van der Waals surface area contributed by atoms with E-state index in [1.54, 1.807) is 0 Å². The third-order valence-electron chi connectivity index (χ3n) is 3.92. The molecule has 0 fully saturated rings. The minimum Gasteiger partial charge on any atom is -0.492 e. The third kappa shape index (κ3) is 11.5. The average Bonchev–Trinajstić information content (AvgIpc) is 2.66. The fourth-order valence-corrected chi connectivity index (χ4v) is 2.35. The van der Waals surface area contributed by atoms with E-state index in [2.05, 4.69) is 35.4 Å². The average molecular weight is 379 g/mol. The second-order valence-corrected chi connectivity index (χ2v) is 6.70. The fraction of sp³-hybridized carbons (Fsp3) is 0.667. The molecule has 0 aliphatic carbocycles. The molecule has 1 aromatic carbocycles. The van der Waals surface area contributed by atoms with Crippen LogP contribution >= 0.6 is 0 Å². The number of hydrogen-bond acceptors (Lipinski definition) is 4. The Bertz CT molecular complexity index is 521. The quantitative estimate of drug-likeness (QED) is 0.296. The van der Waals surface area contributed by atoms with Gasteiger partial charge >= 0.3 is 0 Å². The first kappa shape index (κ1) is 23.2. The molecule has 27 heavy (non-hydrogen) atoms. The maximum absolute atomic E-state index is 5.92. The Morgan fingerprint density at radius 2 is 1.81 bits per heavy atom. The first-order valence-electron chi connectivity index (χ1n) is 10.1. The molecule has 0 aliphatic heterocycles. The van der Waals surface area contributed by atoms with Gasteiger partial charge in [-0.3, -0.25) is 0 Å². The molecule has 1 aromatic rings. The van der Waals surface area contributed by atoms with Crippen molar-refractivity contribution in [3.05, 3.63) is 29.8 Å². The van der Waals surface area contributed by atoms with Gasteiger partial charge in [-0.05, 0) is 39.9 Å². The van der Waals surface area contributed by atoms with Gasteiger partial charge in [0.15, 0.2) is 5.96 Å². The minimum absolute atomic E-state index is 0.584. The van der Waals surface area contributed by atoms with Gasteiger partial charge in [-0.2, -0.15) is 0 Å². The number of likely N-dealkylation sites (N-methyl/N-ethyl adjacent to an activating group) is 1. The Hall–Kier alpha value is -1.79. The van der Waals surface area contributed by atoms with Gasteiger partial charge in [0, 0.05) is 38.4 Å². The zero-order chi connectivity index (χ0) is 19.7. The molecule has 0 aliphatic rings. The molecule has 6 heteroatoms. The fourth-order valence-electron chi connectivity index (χ4n) is 2.35. The van der Waals surface area contributed by atoms with Gasteiger partial charge in [0.25, 0.3) is 0 Å². The van der Waals surface area contributed by atoms with Gasteiger partial charge in [0.2, 0.25) is 0 Å². The molecule has 0 heterocycles. The van der Waals surface area contributed by atoms with Gasteiger partial charge in [-0.15, -0.1) is 0 Å². The number of hydrogen-bond donors (Lipinski definition) is 2. The Balaban J connectivity index is 2.47. The van der Waals surface area contributed by atoms with Crippen LogP contribution in [-0.4, -0.2) is 64.4 Å². The first-order chi connectivity index (χ1) is 13.2. The van der Waals surface area contributed by atoms with E-state index in [1.165, 1.54) is 6.42 Å². The minimum atomic E-state index is 0.584. The van der Waals surface area contributed by atoms with E-state index in [4.69, 9.17) is 14.5 Å². The van der Waals surface area contributed by atoms with Crippen molar-refractivity contribution in [2.75, 3.05) is 53.6 Å². The summed E-state index contributed by atoms with van der Waals surface area (Å²) < 4.78 is 11.5. The maximum Gasteiger partial charge on any atom is 0.191 e. The Morgan fingerprint density at radius 3 is 2.56 bits per heavy atom. The molecule has 0 spiro atoms. The van der Waals surface area contributed by atoms with E-state index < -0.39 is 0 Å². The second-order valence-electron chi connectivity index (χ2n) is 6.70. The van der Waals surface area contributed by atoms with Crippen molar-refractivity contribution in [1.82, 2.24) is 15.5 Å². The highest BCUT2D eigenvalue weighted by Crippen LogP contribution is 2.18. The monoisotopic (exact) mass is 378 g/mol. The van der Waals surface area contributed by atoms with Crippen molar-refractivity contribution >= 4 is 5.96 Å². The second kappa shape index (κ2) is 15.3. The highest BCUT2D eigenvalue weighted by Gasteiger charge is 2.04. The summed E-state index contributed by atoms with van der Waals surface area (Å²) in [5, 5.41) is 6.66.